The molecule has 0 spiro atoms. The van der Waals surface area contributed by atoms with Crippen molar-refractivity contribution in [2.45, 2.75) is 19.8 Å². The number of hydrogen-bond acceptors (Lipinski definition) is 5. The molecule has 0 bridgehead atoms. The summed E-state index contributed by atoms with van der Waals surface area (Å²) < 4.78 is 25.7. The third kappa shape index (κ3) is 6.53. The summed E-state index contributed by atoms with van der Waals surface area (Å²) in [7, 11) is -3.60. The van der Waals surface area contributed by atoms with Crippen molar-refractivity contribution < 1.29 is 22.7 Å². The van der Waals surface area contributed by atoms with Gasteiger partial charge in [-0.3, -0.25) is 0 Å². The lowest BCUT2D eigenvalue weighted by Crippen LogP contribution is -2.12. The van der Waals surface area contributed by atoms with E-state index in [0.29, 0.717) is 6.42 Å². The normalized spacial score (nSPS) is 11.8. The van der Waals surface area contributed by atoms with E-state index in [2.05, 4.69) is 9.22 Å². The van der Waals surface area contributed by atoms with E-state index in [4.69, 9.17) is 5.11 Å². The fourth-order valence-electron chi connectivity index (χ4n) is 0.466. The number of rotatable bonds is 7. The maximum absolute atomic E-state index is 10.8. The molecule has 0 aliphatic rings. The van der Waals surface area contributed by atoms with Crippen LogP contribution in [0.1, 0.15) is 19.8 Å². The summed E-state index contributed by atoms with van der Waals surface area (Å²) in [4.78, 5) is 4.38. The summed E-state index contributed by atoms with van der Waals surface area (Å²) in [5.74, 6) is -0.215. The van der Waals surface area contributed by atoms with Gasteiger partial charge in [0.2, 0.25) is 0 Å². The Morgan fingerprint density at radius 3 is 2.58 bits per heavy atom. The second-order valence-electron chi connectivity index (χ2n) is 2.23. The summed E-state index contributed by atoms with van der Waals surface area (Å²) in [5.41, 5.74) is 0. The smallest absolute Gasteiger partial charge is 0.293 e. The minimum atomic E-state index is -3.60. The van der Waals surface area contributed by atoms with E-state index < -0.39 is 10.1 Å². The molecule has 12 heavy (non-hydrogen) atoms. The van der Waals surface area contributed by atoms with E-state index in [1.165, 1.54) is 0 Å². The van der Waals surface area contributed by atoms with Crippen molar-refractivity contribution in [2.24, 2.45) is 0 Å². The second kappa shape index (κ2) is 6.36. The van der Waals surface area contributed by atoms with E-state index in [0.717, 1.165) is 0 Å². The highest BCUT2D eigenvalue weighted by molar-refractivity contribution is 7.86. The van der Waals surface area contributed by atoms with Gasteiger partial charge in [-0.2, -0.15) is 8.42 Å². The molecule has 0 aromatic heterocycles. The van der Waals surface area contributed by atoms with Crippen molar-refractivity contribution in [2.75, 3.05) is 19.0 Å². The lowest BCUT2D eigenvalue weighted by Gasteiger charge is -2.01. The molecule has 0 amide bonds. The van der Waals surface area contributed by atoms with Crippen LogP contribution in [0.3, 0.4) is 0 Å². The Balaban J connectivity index is 3.58. The summed E-state index contributed by atoms with van der Waals surface area (Å²) in [6, 6.07) is 0. The lowest BCUT2D eigenvalue weighted by atomic mass is 10.5. The molecule has 0 aromatic rings. The van der Waals surface area contributed by atoms with Gasteiger partial charge in [0.1, 0.15) is 0 Å². The van der Waals surface area contributed by atoms with Gasteiger partial charge in [-0.1, -0.05) is 6.92 Å². The average molecular weight is 198 g/mol. The van der Waals surface area contributed by atoms with Gasteiger partial charge in [-0.05, 0) is 12.8 Å². The zero-order chi connectivity index (χ0) is 9.45. The molecule has 0 unspecified atom stereocenters. The molecular weight excluding hydrogens is 184 g/mol. The number of hydrogen-bond donors (Lipinski definition) is 1. The Bertz CT molecular complexity index is 186. The molecule has 0 saturated heterocycles. The molecule has 5 nitrogen and oxygen atoms in total. The van der Waals surface area contributed by atoms with Crippen LogP contribution < -0.4 is 0 Å². The first-order chi connectivity index (χ1) is 5.62. The van der Waals surface area contributed by atoms with Crippen LogP contribution in [0.5, 0.6) is 0 Å². The van der Waals surface area contributed by atoms with E-state index in [-0.39, 0.29) is 25.4 Å². The van der Waals surface area contributed by atoms with Crippen LogP contribution in [-0.2, 0) is 19.3 Å². The monoisotopic (exact) mass is 198 g/mol. The van der Waals surface area contributed by atoms with E-state index in [1.807, 2.05) is 6.92 Å². The van der Waals surface area contributed by atoms with Gasteiger partial charge >= 0.3 is 0 Å². The molecule has 0 radical (unpaired) electrons. The van der Waals surface area contributed by atoms with Crippen molar-refractivity contribution in [1.29, 1.82) is 0 Å². The van der Waals surface area contributed by atoms with E-state index in [9.17, 15) is 8.42 Å². The quantitative estimate of drug-likeness (QED) is 0.355. The van der Waals surface area contributed by atoms with Gasteiger partial charge in [0.15, 0.2) is 0 Å². The molecule has 1 N–H and O–H groups in total. The molecule has 0 atom stereocenters. The first-order valence-corrected chi connectivity index (χ1v) is 5.34. The van der Waals surface area contributed by atoms with Crippen molar-refractivity contribution in [1.82, 2.24) is 0 Å². The van der Waals surface area contributed by atoms with Gasteiger partial charge < -0.3 is 5.11 Å². The van der Waals surface area contributed by atoms with Gasteiger partial charge in [0, 0.05) is 6.61 Å². The van der Waals surface area contributed by atoms with Crippen LogP contribution in [-0.4, -0.2) is 32.5 Å². The average Bonchev–Trinajstić information content (AvgIpc) is 2.01. The van der Waals surface area contributed by atoms with Crippen molar-refractivity contribution in [3.63, 3.8) is 0 Å². The Morgan fingerprint density at radius 2 is 2.08 bits per heavy atom. The molecule has 0 fully saturated rings. The molecule has 0 aliphatic carbocycles. The summed E-state index contributed by atoms with van der Waals surface area (Å²) in [6.07, 6.45) is 0.855. The molecule has 74 valence electrons. The van der Waals surface area contributed by atoms with E-state index >= 15 is 0 Å². The van der Waals surface area contributed by atoms with Crippen molar-refractivity contribution in [3.05, 3.63) is 0 Å². The van der Waals surface area contributed by atoms with Gasteiger partial charge in [0.25, 0.3) is 10.1 Å². The minimum absolute atomic E-state index is 0.165. The standard InChI is InChI=1S/C6H14O5S/c1-2-5-10-11-12(8,9)6-3-4-7/h7H,2-6H2,1H3. The lowest BCUT2D eigenvalue weighted by molar-refractivity contribution is -0.201. The third-order valence-corrected chi connectivity index (χ3v) is 2.08. The minimum Gasteiger partial charge on any atom is -0.396 e. The molecule has 6 heteroatoms. The van der Waals surface area contributed by atoms with Crippen LogP contribution in [0.15, 0.2) is 0 Å². The molecular formula is C6H14O5S. The first kappa shape index (κ1) is 11.8. The van der Waals surface area contributed by atoms with Gasteiger partial charge in [-0.25, -0.2) is 4.89 Å². The number of aliphatic hydroxyl groups excluding tert-OH is 1. The SMILES string of the molecule is CCCOOS(=O)(=O)CCCO. The molecule has 0 aliphatic heterocycles. The Labute approximate surface area is 72.3 Å². The molecule has 0 saturated carbocycles. The zero-order valence-corrected chi connectivity index (χ0v) is 7.84. The zero-order valence-electron chi connectivity index (χ0n) is 7.02. The van der Waals surface area contributed by atoms with Crippen LogP contribution in [0.4, 0.5) is 0 Å². The highest BCUT2D eigenvalue weighted by Gasteiger charge is 2.10. The van der Waals surface area contributed by atoms with Crippen molar-refractivity contribution >= 4 is 10.1 Å². The fourth-order valence-corrected chi connectivity index (χ4v) is 1.23. The van der Waals surface area contributed by atoms with Crippen LogP contribution in [0.2, 0.25) is 0 Å². The topological polar surface area (TPSA) is 72.8 Å². The highest BCUT2D eigenvalue weighted by atomic mass is 32.2. The molecule has 0 aromatic carbocycles. The summed E-state index contributed by atoms with van der Waals surface area (Å²) in [5, 5.41) is 8.34. The highest BCUT2D eigenvalue weighted by Crippen LogP contribution is 1.97. The van der Waals surface area contributed by atoms with Gasteiger partial charge in [-0.15, -0.1) is 4.33 Å². The Kier molecular flexibility index (Phi) is 6.27. The predicted molar refractivity (Wildman–Crippen MR) is 42.8 cm³/mol. The largest absolute Gasteiger partial charge is 0.396 e. The fraction of sp³-hybridized carbons (Fsp3) is 1.00. The molecule has 0 heterocycles. The van der Waals surface area contributed by atoms with Crippen LogP contribution in [0, 0.1) is 0 Å². The maximum atomic E-state index is 10.8. The first-order valence-electron chi connectivity index (χ1n) is 3.77. The Morgan fingerprint density at radius 1 is 1.42 bits per heavy atom. The maximum Gasteiger partial charge on any atom is 0.293 e. The van der Waals surface area contributed by atoms with Crippen molar-refractivity contribution in [3.8, 4) is 0 Å². The third-order valence-electron chi connectivity index (χ3n) is 0.992. The van der Waals surface area contributed by atoms with E-state index in [1.54, 1.807) is 0 Å². The van der Waals surface area contributed by atoms with Crippen LogP contribution >= 0.6 is 0 Å². The summed E-state index contributed by atoms with van der Waals surface area (Å²) >= 11 is 0. The Hall–Kier alpha value is -0.170. The second-order valence-corrected chi connectivity index (χ2v) is 3.89. The molecule has 0 rings (SSSR count). The summed E-state index contributed by atoms with van der Waals surface area (Å²) in [6.45, 7) is 1.92. The number of aliphatic hydroxyl groups is 1. The van der Waals surface area contributed by atoms with Crippen LogP contribution in [0.25, 0.3) is 0 Å². The predicted octanol–water partition coefficient (Wildman–Crippen LogP) is 0.0568. The van der Waals surface area contributed by atoms with Gasteiger partial charge in [0.05, 0.1) is 12.4 Å².